The minimum Gasteiger partial charge on any atom is -0.383 e. The highest BCUT2D eigenvalue weighted by Gasteiger charge is 1.91. The molecule has 12 heavy (non-hydrogen) atoms. The first-order valence-corrected chi connectivity index (χ1v) is 4.67. The fraction of sp³-hybridized carbons (Fsp3) is 1.00. The minimum atomic E-state index is 0.740. The van der Waals surface area contributed by atoms with Crippen LogP contribution in [0.2, 0.25) is 0 Å². The van der Waals surface area contributed by atoms with Crippen molar-refractivity contribution in [1.29, 1.82) is 0 Å². The number of rotatable bonds is 8. The third kappa shape index (κ3) is 9.88. The summed E-state index contributed by atoms with van der Waals surface area (Å²) in [6.07, 6.45) is 0. The molecule has 0 heterocycles. The van der Waals surface area contributed by atoms with Gasteiger partial charge in [-0.3, -0.25) is 0 Å². The van der Waals surface area contributed by atoms with E-state index in [4.69, 9.17) is 4.74 Å². The second-order valence-corrected chi connectivity index (χ2v) is 3.34. The van der Waals surface area contributed by atoms with Gasteiger partial charge in [0.1, 0.15) is 0 Å². The maximum atomic E-state index is 4.90. The van der Waals surface area contributed by atoms with Crippen LogP contribution >= 0.6 is 0 Å². The van der Waals surface area contributed by atoms with Crippen LogP contribution in [0.15, 0.2) is 0 Å². The third-order valence-electron chi connectivity index (χ3n) is 1.51. The Morgan fingerprint density at radius 2 is 1.75 bits per heavy atom. The molecule has 0 aromatic rings. The average molecular weight is 174 g/mol. The van der Waals surface area contributed by atoms with Crippen LogP contribution in [0.5, 0.6) is 0 Å². The maximum absolute atomic E-state index is 4.90. The van der Waals surface area contributed by atoms with E-state index in [0.717, 1.165) is 38.7 Å². The van der Waals surface area contributed by atoms with Crippen LogP contribution in [0.3, 0.4) is 0 Å². The Hall–Kier alpha value is -0.120. The van der Waals surface area contributed by atoms with Gasteiger partial charge in [0, 0.05) is 26.7 Å². The van der Waals surface area contributed by atoms with E-state index >= 15 is 0 Å². The Labute approximate surface area is 75.9 Å². The number of hydrogen-bond acceptors (Lipinski definition) is 3. The van der Waals surface area contributed by atoms with E-state index in [1.54, 1.807) is 7.11 Å². The summed E-state index contributed by atoms with van der Waals surface area (Å²) in [5.74, 6) is 0.740. The normalized spacial score (nSPS) is 11.0. The molecule has 0 aliphatic heterocycles. The summed E-state index contributed by atoms with van der Waals surface area (Å²) in [5.41, 5.74) is 0. The summed E-state index contributed by atoms with van der Waals surface area (Å²) >= 11 is 0. The zero-order chi connectivity index (χ0) is 9.23. The van der Waals surface area contributed by atoms with Gasteiger partial charge in [0.15, 0.2) is 0 Å². The molecule has 0 rings (SSSR count). The van der Waals surface area contributed by atoms with E-state index in [9.17, 15) is 0 Å². The quantitative estimate of drug-likeness (QED) is 0.525. The third-order valence-corrected chi connectivity index (χ3v) is 1.51. The topological polar surface area (TPSA) is 33.3 Å². The molecule has 0 saturated heterocycles. The van der Waals surface area contributed by atoms with Crippen LogP contribution in [-0.2, 0) is 4.74 Å². The van der Waals surface area contributed by atoms with Gasteiger partial charge in [-0.25, -0.2) is 0 Å². The first kappa shape index (κ1) is 11.9. The van der Waals surface area contributed by atoms with Crippen molar-refractivity contribution in [2.45, 2.75) is 13.8 Å². The van der Waals surface area contributed by atoms with Crippen LogP contribution in [-0.4, -0.2) is 39.9 Å². The van der Waals surface area contributed by atoms with Gasteiger partial charge < -0.3 is 15.4 Å². The van der Waals surface area contributed by atoms with E-state index in [1.165, 1.54) is 0 Å². The van der Waals surface area contributed by atoms with Crippen molar-refractivity contribution in [3.63, 3.8) is 0 Å². The second-order valence-electron chi connectivity index (χ2n) is 3.34. The van der Waals surface area contributed by atoms with Crippen molar-refractivity contribution in [3.8, 4) is 0 Å². The van der Waals surface area contributed by atoms with E-state index < -0.39 is 0 Å². The summed E-state index contributed by atoms with van der Waals surface area (Å²) in [4.78, 5) is 0. The van der Waals surface area contributed by atoms with Gasteiger partial charge >= 0.3 is 0 Å². The Kier molecular flexibility index (Phi) is 8.88. The molecular weight excluding hydrogens is 152 g/mol. The molecule has 0 bridgehead atoms. The molecule has 74 valence electrons. The fourth-order valence-electron chi connectivity index (χ4n) is 0.867. The van der Waals surface area contributed by atoms with Crippen molar-refractivity contribution >= 4 is 0 Å². The Morgan fingerprint density at radius 3 is 2.33 bits per heavy atom. The molecule has 0 aliphatic carbocycles. The van der Waals surface area contributed by atoms with Crippen molar-refractivity contribution in [2.24, 2.45) is 5.92 Å². The summed E-state index contributed by atoms with van der Waals surface area (Å²) < 4.78 is 4.90. The predicted octanol–water partition coefficient (Wildman–Crippen LogP) is 0.468. The molecule has 0 aliphatic rings. The number of methoxy groups -OCH3 is 1. The highest BCUT2D eigenvalue weighted by molar-refractivity contribution is 4.53. The number of hydrogen-bond donors (Lipinski definition) is 2. The number of nitrogens with one attached hydrogen (secondary N) is 2. The van der Waals surface area contributed by atoms with Gasteiger partial charge in [-0.15, -0.1) is 0 Å². The van der Waals surface area contributed by atoms with Crippen LogP contribution < -0.4 is 10.6 Å². The van der Waals surface area contributed by atoms with Crippen LogP contribution in [0.25, 0.3) is 0 Å². The summed E-state index contributed by atoms with van der Waals surface area (Å²) in [5, 5.41) is 6.63. The van der Waals surface area contributed by atoms with Gasteiger partial charge in [-0.2, -0.15) is 0 Å². The molecule has 0 saturated carbocycles. The lowest BCUT2D eigenvalue weighted by atomic mass is 10.2. The summed E-state index contributed by atoms with van der Waals surface area (Å²) in [6, 6.07) is 0. The van der Waals surface area contributed by atoms with Crippen molar-refractivity contribution in [2.75, 3.05) is 39.9 Å². The summed E-state index contributed by atoms with van der Waals surface area (Å²) in [7, 11) is 1.72. The van der Waals surface area contributed by atoms with Crippen LogP contribution in [0, 0.1) is 5.92 Å². The highest BCUT2D eigenvalue weighted by Crippen LogP contribution is 1.85. The second kappa shape index (κ2) is 8.97. The van der Waals surface area contributed by atoms with E-state index in [-0.39, 0.29) is 0 Å². The molecular formula is C9H22N2O. The molecule has 3 nitrogen and oxygen atoms in total. The highest BCUT2D eigenvalue weighted by atomic mass is 16.5. The molecule has 0 unspecified atom stereocenters. The first-order chi connectivity index (χ1) is 5.77. The fourth-order valence-corrected chi connectivity index (χ4v) is 0.867. The lowest BCUT2D eigenvalue weighted by Crippen LogP contribution is -2.31. The first-order valence-electron chi connectivity index (χ1n) is 4.67. The monoisotopic (exact) mass is 174 g/mol. The van der Waals surface area contributed by atoms with Crippen LogP contribution in [0.1, 0.15) is 13.8 Å². The molecule has 3 heteroatoms. The maximum Gasteiger partial charge on any atom is 0.0587 e. The molecule has 2 N–H and O–H groups in total. The van der Waals surface area contributed by atoms with Crippen LogP contribution in [0.4, 0.5) is 0 Å². The van der Waals surface area contributed by atoms with Crippen molar-refractivity contribution in [1.82, 2.24) is 10.6 Å². The Balaban J connectivity index is 2.82. The summed E-state index contributed by atoms with van der Waals surface area (Å²) in [6.45, 7) is 9.34. The van der Waals surface area contributed by atoms with Gasteiger partial charge in [0.05, 0.1) is 6.61 Å². The van der Waals surface area contributed by atoms with Gasteiger partial charge in [-0.1, -0.05) is 13.8 Å². The van der Waals surface area contributed by atoms with Gasteiger partial charge in [-0.05, 0) is 12.5 Å². The van der Waals surface area contributed by atoms with Gasteiger partial charge in [0.2, 0.25) is 0 Å². The molecule has 0 radical (unpaired) electrons. The molecule has 0 aromatic carbocycles. The zero-order valence-corrected chi connectivity index (χ0v) is 8.52. The SMILES string of the molecule is COCCNCCNCC(C)C. The number of ether oxygens (including phenoxy) is 1. The predicted molar refractivity (Wildman–Crippen MR) is 52.5 cm³/mol. The molecule has 0 spiro atoms. The zero-order valence-electron chi connectivity index (χ0n) is 8.52. The van der Waals surface area contributed by atoms with Crippen molar-refractivity contribution < 1.29 is 4.74 Å². The van der Waals surface area contributed by atoms with E-state index in [2.05, 4.69) is 24.5 Å². The average Bonchev–Trinajstić information content (AvgIpc) is 2.02. The lowest BCUT2D eigenvalue weighted by molar-refractivity contribution is 0.199. The molecule has 0 aromatic heterocycles. The molecule has 0 atom stereocenters. The Bertz CT molecular complexity index is 86.6. The van der Waals surface area contributed by atoms with E-state index in [1.807, 2.05) is 0 Å². The van der Waals surface area contributed by atoms with E-state index in [0.29, 0.717) is 0 Å². The Morgan fingerprint density at radius 1 is 1.08 bits per heavy atom. The molecule has 0 amide bonds. The standard InChI is InChI=1S/C9H22N2O/c1-9(2)8-11-5-4-10-6-7-12-3/h9-11H,4-8H2,1-3H3. The lowest BCUT2D eigenvalue weighted by Gasteiger charge is -2.07. The molecule has 0 fully saturated rings. The minimum absolute atomic E-state index is 0.740. The van der Waals surface area contributed by atoms with Gasteiger partial charge in [0.25, 0.3) is 0 Å². The largest absolute Gasteiger partial charge is 0.383 e. The van der Waals surface area contributed by atoms with Crippen molar-refractivity contribution in [3.05, 3.63) is 0 Å². The smallest absolute Gasteiger partial charge is 0.0587 e.